The molecule has 2 heterocycles. The summed E-state index contributed by atoms with van der Waals surface area (Å²) in [6.07, 6.45) is 2.40. The SMILES string of the molecule is CCOc1cc(C)nc(N2CCCC2CNC)n1. The van der Waals surface area contributed by atoms with Gasteiger partial charge >= 0.3 is 0 Å². The summed E-state index contributed by atoms with van der Waals surface area (Å²) in [6.45, 7) is 6.59. The molecule has 18 heavy (non-hydrogen) atoms. The molecule has 2 rings (SSSR count). The highest BCUT2D eigenvalue weighted by Crippen LogP contribution is 2.24. The number of likely N-dealkylation sites (N-methyl/N-ethyl adjacent to an activating group) is 1. The van der Waals surface area contributed by atoms with Crippen LogP contribution in [0.15, 0.2) is 6.07 Å². The van der Waals surface area contributed by atoms with Gasteiger partial charge in [0.05, 0.1) is 6.61 Å². The van der Waals surface area contributed by atoms with Crippen molar-refractivity contribution in [2.45, 2.75) is 32.7 Å². The molecule has 1 aromatic heterocycles. The van der Waals surface area contributed by atoms with E-state index >= 15 is 0 Å². The van der Waals surface area contributed by atoms with Gasteiger partial charge in [-0.05, 0) is 33.7 Å². The van der Waals surface area contributed by atoms with Crippen LogP contribution in [0.2, 0.25) is 0 Å². The van der Waals surface area contributed by atoms with E-state index in [4.69, 9.17) is 4.74 Å². The summed E-state index contributed by atoms with van der Waals surface area (Å²) < 4.78 is 5.49. The molecule has 5 nitrogen and oxygen atoms in total. The number of anilines is 1. The number of rotatable bonds is 5. The molecule has 1 aliphatic heterocycles. The second kappa shape index (κ2) is 6.00. The maximum absolute atomic E-state index is 5.49. The molecule has 1 saturated heterocycles. The van der Waals surface area contributed by atoms with Crippen molar-refractivity contribution in [1.29, 1.82) is 0 Å². The van der Waals surface area contributed by atoms with Gasteiger partial charge in [-0.25, -0.2) is 4.98 Å². The first kappa shape index (κ1) is 13.1. The largest absolute Gasteiger partial charge is 0.478 e. The van der Waals surface area contributed by atoms with Gasteiger partial charge in [-0.3, -0.25) is 0 Å². The lowest BCUT2D eigenvalue weighted by atomic mass is 10.2. The van der Waals surface area contributed by atoms with Crippen LogP contribution in [0.4, 0.5) is 5.95 Å². The van der Waals surface area contributed by atoms with Crippen LogP contribution in [0.25, 0.3) is 0 Å². The van der Waals surface area contributed by atoms with E-state index in [-0.39, 0.29) is 0 Å². The molecule has 1 aliphatic rings. The minimum absolute atomic E-state index is 0.492. The Hall–Kier alpha value is -1.36. The fourth-order valence-corrected chi connectivity index (χ4v) is 2.42. The second-order valence-corrected chi connectivity index (χ2v) is 4.63. The number of hydrogen-bond acceptors (Lipinski definition) is 5. The Kier molecular flexibility index (Phi) is 4.36. The predicted molar refractivity (Wildman–Crippen MR) is 72.2 cm³/mol. The Morgan fingerprint density at radius 1 is 1.50 bits per heavy atom. The van der Waals surface area contributed by atoms with Crippen molar-refractivity contribution >= 4 is 5.95 Å². The zero-order chi connectivity index (χ0) is 13.0. The Balaban J connectivity index is 2.20. The van der Waals surface area contributed by atoms with E-state index < -0.39 is 0 Å². The van der Waals surface area contributed by atoms with E-state index in [9.17, 15) is 0 Å². The van der Waals surface area contributed by atoms with Crippen LogP contribution in [-0.2, 0) is 0 Å². The molecule has 0 spiro atoms. The van der Waals surface area contributed by atoms with Gasteiger partial charge in [0.15, 0.2) is 0 Å². The third-order valence-electron chi connectivity index (χ3n) is 3.18. The van der Waals surface area contributed by atoms with Crippen LogP contribution in [-0.4, -0.2) is 42.8 Å². The number of hydrogen-bond donors (Lipinski definition) is 1. The van der Waals surface area contributed by atoms with E-state index in [2.05, 4.69) is 20.2 Å². The Morgan fingerprint density at radius 3 is 3.06 bits per heavy atom. The van der Waals surface area contributed by atoms with Gasteiger partial charge in [-0.2, -0.15) is 4.98 Å². The fraction of sp³-hybridized carbons (Fsp3) is 0.692. The normalized spacial score (nSPS) is 19.3. The average molecular weight is 250 g/mol. The van der Waals surface area contributed by atoms with E-state index in [1.807, 2.05) is 27.0 Å². The molecule has 0 radical (unpaired) electrons. The average Bonchev–Trinajstić information content (AvgIpc) is 2.77. The van der Waals surface area contributed by atoms with Crippen molar-refractivity contribution in [1.82, 2.24) is 15.3 Å². The summed E-state index contributed by atoms with van der Waals surface area (Å²) in [6, 6.07) is 2.38. The number of aryl methyl sites for hydroxylation is 1. The van der Waals surface area contributed by atoms with Gasteiger partial charge in [0.25, 0.3) is 0 Å². The standard InChI is InChI=1S/C13H22N4O/c1-4-18-12-8-10(2)15-13(16-12)17-7-5-6-11(17)9-14-3/h8,11,14H,4-7,9H2,1-3H3. The van der Waals surface area contributed by atoms with E-state index in [1.54, 1.807) is 0 Å². The highest BCUT2D eigenvalue weighted by molar-refractivity contribution is 5.37. The summed E-state index contributed by atoms with van der Waals surface area (Å²) in [5.74, 6) is 1.48. The Morgan fingerprint density at radius 2 is 2.33 bits per heavy atom. The molecular formula is C13H22N4O. The van der Waals surface area contributed by atoms with Crippen LogP contribution >= 0.6 is 0 Å². The topological polar surface area (TPSA) is 50.3 Å². The Bertz CT molecular complexity index is 397. The molecule has 1 unspecified atom stereocenters. The molecule has 1 atom stereocenters. The van der Waals surface area contributed by atoms with Crippen molar-refractivity contribution in [3.05, 3.63) is 11.8 Å². The molecular weight excluding hydrogens is 228 g/mol. The number of nitrogens with zero attached hydrogens (tertiary/aromatic N) is 3. The zero-order valence-corrected chi connectivity index (χ0v) is 11.4. The maximum Gasteiger partial charge on any atom is 0.229 e. The first-order valence-electron chi connectivity index (χ1n) is 6.64. The van der Waals surface area contributed by atoms with E-state index in [1.165, 1.54) is 12.8 Å². The molecule has 1 N–H and O–H groups in total. The lowest BCUT2D eigenvalue weighted by Crippen LogP contribution is -2.37. The third kappa shape index (κ3) is 2.90. The number of aromatic nitrogens is 2. The first-order valence-corrected chi connectivity index (χ1v) is 6.64. The quantitative estimate of drug-likeness (QED) is 0.855. The summed E-state index contributed by atoms with van der Waals surface area (Å²) in [5, 5.41) is 3.24. The smallest absolute Gasteiger partial charge is 0.229 e. The minimum atomic E-state index is 0.492. The summed E-state index contributed by atoms with van der Waals surface area (Å²) in [5.41, 5.74) is 0.957. The molecule has 0 aromatic carbocycles. The van der Waals surface area contributed by atoms with Crippen molar-refractivity contribution in [2.24, 2.45) is 0 Å². The molecule has 0 saturated carbocycles. The molecule has 100 valence electrons. The lowest BCUT2D eigenvalue weighted by Gasteiger charge is -2.24. The van der Waals surface area contributed by atoms with Crippen LogP contribution < -0.4 is 15.0 Å². The monoisotopic (exact) mass is 250 g/mol. The Labute approximate surface area is 109 Å². The maximum atomic E-state index is 5.49. The summed E-state index contributed by atoms with van der Waals surface area (Å²) in [4.78, 5) is 11.3. The highest BCUT2D eigenvalue weighted by atomic mass is 16.5. The summed E-state index contributed by atoms with van der Waals surface area (Å²) in [7, 11) is 1.99. The van der Waals surface area contributed by atoms with Crippen LogP contribution in [0.3, 0.4) is 0 Å². The van der Waals surface area contributed by atoms with Crippen LogP contribution in [0.1, 0.15) is 25.5 Å². The predicted octanol–water partition coefficient (Wildman–Crippen LogP) is 1.37. The molecule has 0 aliphatic carbocycles. The molecule has 5 heteroatoms. The van der Waals surface area contributed by atoms with Crippen molar-refractivity contribution < 1.29 is 4.74 Å². The van der Waals surface area contributed by atoms with E-state index in [0.29, 0.717) is 18.5 Å². The molecule has 1 aromatic rings. The van der Waals surface area contributed by atoms with Gasteiger partial charge in [0, 0.05) is 30.9 Å². The second-order valence-electron chi connectivity index (χ2n) is 4.63. The molecule has 1 fully saturated rings. The van der Waals surface area contributed by atoms with Gasteiger partial charge in [0.2, 0.25) is 11.8 Å². The minimum Gasteiger partial charge on any atom is -0.478 e. The van der Waals surface area contributed by atoms with Gasteiger partial charge in [0.1, 0.15) is 0 Å². The number of nitrogens with one attached hydrogen (secondary N) is 1. The van der Waals surface area contributed by atoms with Crippen molar-refractivity contribution in [2.75, 3.05) is 31.6 Å². The first-order chi connectivity index (χ1) is 8.74. The van der Waals surface area contributed by atoms with Crippen molar-refractivity contribution in [3.63, 3.8) is 0 Å². The van der Waals surface area contributed by atoms with Crippen molar-refractivity contribution in [3.8, 4) is 5.88 Å². The van der Waals surface area contributed by atoms with Gasteiger partial charge in [-0.15, -0.1) is 0 Å². The summed E-state index contributed by atoms with van der Waals surface area (Å²) >= 11 is 0. The zero-order valence-electron chi connectivity index (χ0n) is 11.4. The van der Waals surface area contributed by atoms with Crippen LogP contribution in [0, 0.1) is 6.92 Å². The molecule has 0 amide bonds. The molecule has 0 bridgehead atoms. The van der Waals surface area contributed by atoms with E-state index in [0.717, 1.165) is 24.7 Å². The third-order valence-corrected chi connectivity index (χ3v) is 3.18. The lowest BCUT2D eigenvalue weighted by molar-refractivity contribution is 0.325. The number of ether oxygens (including phenoxy) is 1. The van der Waals surface area contributed by atoms with Gasteiger partial charge in [-0.1, -0.05) is 0 Å². The highest BCUT2D eigenvalue weighted by Gasteiger charge is 2.26. The fourth-order valence-electron chi connectivity index (χ4n) is 2.42. The van der Waals surface area contributed by atoms with Gasteiger partial charge < -0.3 is 15.0 Å². The van der Waals surface area contributed by atoms with Crippen LogP contribution in [0.5, 0.6) is 5.88 Å².